The van der Waals surface area contributed by atoms with Crippen LogP contribution in [0.25, 0.3) is 0 Å². The van der Waals surface area contributed by atoms with Crippen molar-refractivity contribution in [2.24, 2.45) is 5.16 Å². The number of carbonyl (C=O) groups excluding carboxylic acids is 2. The normalized spacial score (nSPS) is 14.6. The van der Waals surface area contributed by atoms with Gasteiger partial charge in [0.1, 0.15) is 24.2 Å². The number of hydrogen-bond acceptors (Lipinski definition) is 7. The Balaban J connectivity index is 0.000000553. The highest BCUT2D eigenvalue weighted by Gasteiger charge is 2.29. The lowest BCUT2D eigenvalue weighted by Gasteiger charge is -2.13. The lowest BCUT2D eigenvalue weighted by Crippen LogP contribution is -2.39. The van der Waals surface area contributed by atoms with Gasteiger partial charge in [0.2, 0.25) is 0 Å². The highest BCUT2D eigenvalue weighted by atomic mass is 19.4. The molecule has 0 spiro atoms. The summed E-state index contributed by atoms with van der Waals surface area (Å²) in [5, 5.41) is 28.2. The molecule has 0 bridgehead atoms. The van der Waals surface area contributed by atoms with Crippen molar-refractivity contribution in [3.05, 3.63) is 24.0 Å². The van der Waals surface area contributed by atoms with Crippen LogP contribution in [0.2, 0.25) is 0 Å². The van der Waals surface area contributed by atoms with Gasteiger partial charge in [-0.05, 0) is 18.9 Å². The van der Waals surface area contributed by atoms with Crippen molar-refractivity contribution in [3.8, 4) is 0 Å². The van der Waals surface area contributed by atoms with Crippen molar-refractivity contribution < 1.29 is 47.3 Å². The highest BCUT2D eigenvalue weighted by Crippen LogP contribution is 2.23. The summed E-state index contributed by atoms with van der Waals surface area (Å²) in [6.45, 7) is 4.69. The van der Waals surface area contributed by atoms with Crippen LogP contribution in [0.4, 0.5) is 13.2 Å². The number of nitrogens with one attached hydrogen (secondary N) is 1. The third-order valence-electron chi connectivity index (χ3n) is 3.57. The van der Waals surface area contributed by atoms with E-state index in [9.17, 15) is 22.8 Å². The van der Waals surface area contributed by atoms with Gasteiger partial charge in [-0.25, -0.2) is 0 Å². The second-order valence-electron chi connectivity index (χ2n) is 6.80. The Bertz CT molecular complexity index is 794. The first-order valence-electron chi connectivity index (χ1n) is 8.68. The molecular formula is C17H21F3N4O6. The number of halogens is 3. The van der Waals surface area contributed by atoms with Gasteiger partial charge in [-0.15, -0.1) is 0 Å². The molecule has 2 N–H and O–H groups in total. The van der Waals surface area contributed by atoms with Gasteiger partial charge in [-0.1, -0.05) is 9.84 Å². The molecule has 0 radical (unpaired) electrons. The Morgan fingerprint density at radius 2 is 2.00 bits per heavy atom. The van der Waals surface area contributed by atoms with Gasteiger partial charge in [0.25, 0.3) is 5.91 Å². The number of nitrogens with zero attached hydrogens (tertiary/aromatic N) is 3. The molecule has 30 heavy (non-hydrogen) atoms. The standard InChI is InChI=1S/C15H20N4O4.C2HF3O2/c1-15(2)9-12(18-23-15)3-6-16-14(22)11-4-7-19(17-10-11)8-5-13(20)21;3-2(4,5)1(6)7/h4,7,10H,3,5-6,8-9H2,1-2H3,(H-,16,20,21,22);(H,6,7). The number of oxime groups is 1. The summed E-state index contributed by atoms with van der Waals surface area (Å²) in [5.41, 5.74) is 1.11. The third-order valence-corrected chi connectivity index (χ3v) is 3.57. The van der Waals surface area contributed by atoms with Crippen molar-refractivity contribution in [3.63, 3.8) is 0 Å². The molecular weight excluding hydrogens is 413 g/mol. The monoisotopic (exact) mass is 434 g/mol. The van der Waals surface area contributed by atoms with E-state index in [2.05, 4.69) is 15.6 Å². The van der Waals surface area contributed by atoms with Crippen molar-refractivity contribution in [1.82, 2.24) is 10.4 Å². The van der Waals surface area contributed by atoms with Crippen molar-refractivity contribution >= 4 is 23.6 Å². The second kappa shape index (κ2) is 10.5. The molecule has 1 aromatic heterocycles. The van der Waals surface area contributed by atoms with Crippen LogP contribution in [0, 0.1) is 0 Å². The molecule has 1 aliphatic heterocycles. The van der Waals surface area contributed by atoms with Gasteiger partial charge in [0, 0.05) is 25.5 Å². The number of aliphatic carboxylic acids is 2. The molecule has 0 unspecified atom stereocenters. The summed E-state index contributed by atoms with van der Waals surface area (Å²) in [5.74, 6) is -4.11. The Labute approximate surface area is 169 Å². The quantitative estimate of drug-likeness (QED) is 0.566. The molecule has 1 aliphatic rings. The van der Waals surface area contributed by atoms with Gasteiger partial charge < -0.3 is 25.2 Å². The number of hydrogen-bond donors (Lipinski definition) is 2. The molecule has 1 amide bonds. The minimum atomic E-state index is -5.19. The van der Waals surface area contributed by atoms with Crippen LogP contribution < -0.4 is 15.1 Å². The number of rotatable bonds is 7. The SMILES string of the molecule is CC1(C)CC(CCNC(=O)c2cc[n+](CCC(=O)O)nc2)=NO1.O=C([O-])C(F)(F)F. The minimum Gasteiger partial charge on any atom is -0.542 e. The van der Waals surface area contributed by atoms with Gasteiger partial charge in [0.05, 0.1) is 11.3 Å². The lowest BCUT2D eigenvalue weighted by atomic mass is 10.0. The second-order valence-corrected chi connectivity index (χ2v) is 6.80. The molecule has 0 fully saturated rings. The Morgan fingerprint density at radius 1 is 1.37 bits per heavy atom. The Kier molecular flexibility index (Phi) is 8.68. The fraction of sp³-hybridized carbons (Fsp3) is 0.529. The first kappa shape index (κ1) is 24.8. The van der Waals surface area contributed by atoms with E-state index in [0.717, 1.165) is 12.1 Å². The molecule has 0 saturated heterocycles. The number of aromatic nitrogens is 2. The summed E-state index contributed by atoms with van der Waals surface area (Å²) in [6, 6.07) is 1.61. The van der Waals surface area contributed by atoms with Crippen LogP contribution in [-0.4, -0.2) is 52.1 Å². The zero-order valence-corrected chi connectivity index (χ0v) is 16.2. The number of alkyl halides is 3. The Hall–Kier alpha value is -3.25. The van der Waals surface area contributed by atoms with Gasteiger partial charge in [-0.3, -0.25) is 9.59 Å². The molecule has 0 atom stereocenters. The summed E-state index contributed by atoms with van der Waals surface area (Å²) in [7, 11) is 0. The van der Waals surface area contributed by atoms with Crippen LogP contribution in [0.5, 0.6) is 0 Å². The molecule has 0 aromatic carbocycles. The Morgan fingerprint density at radius 3 is 2.43 bits per heavy atom. The maximum Gasteiger partial charge on any atom is 0.430 e. The predicted molar refractivity (Wildman–Crippen MR) is 91.9 cm³/mol. The maximum absolute atomic E-state index is 12.0. The molecule has 2 rings (SSSR count). The van der Waals surface area contributed by atoms with Crippen molar-refractivity contribution in [1.29, 1.82) is 0 Å². The highest BCUT2D eigenvalue weighted by molar-refractivity contribution is 5.94. The minimum absolute atomic E-state index is 0.0102. The fourth-order valence-electron chi connectivity index (χ4n) is 2.16. The molecule has 0 aliphatic carbocycles. The number of aryl methyl sites for hydroxylation is 1. The van der Waals surface area contributed by atoms with Gasteiger partial charge in [0.15, 0.2) is 12.7 Å². The third kappa shape index (κ3) is 9.30. The topological polar surface area (TPSA) is 145 Å². The molecule has 13 heteroatoms. The largest absolute Gasteiger partial charge is 0.542 e. The van der Waals surface area contributed by atoms with Crippen LogP contribution in [0.15, 0.2) is 23.6 Å². The smallest absolute Gasteiger partial charge is 0.430 e. The lowest BCUT2D eigenvalue weighted by molar-refractivity contribution is -0.753. The van der Waals surface area contributed by atoms with Crippen LogP contribution in [0.3, 0.4) is 0 Å². The van der Waals surface area contributed by atoms with E-state index in [4.69, 9.17) is 19.8 Å². The number of carboxylic acid groups (broad SMARTS) is 2. The molecule has 10 nitrogen and oxygen atoms in total. The maximum atomic E-state index is 12.0. The van der Waals surface area contributed by atoms with Crippen molar-refractivity contribution in [2.75, 3.05) is 6.54 Å². The van der Waals surface area contributed by atoms with E-state index in [1.807, 2.05) is 13.8 Å². The zero-order chi connectivity index (χ0) is 22.9. The molecule has 1 aromatic rings. The zero-order valence-electron chi connectivity index (χ0n) is 16.2. The van der Waals surface area contributed by atoms with Crippen LogP contribution >= 0.6 is 0 Å². The molecule has 2 heterocycles. The van der Waals surface area contributed by atoms with Gasteiger partial charge in [-0.2, -0.15) is 13.2 Å². The summed E-state index contributed by atoms with van der Waals surface area (Å²) in [4.78, 5) is 36.5. The summed E-state index contributed by atoms with van der Waals surface area (Å²) < 4.78 is 33.0. The fourth-order valence-corrected chi connectivity index (χ4v) is 2.16. The average molecular weight is 434 g/mol. The summed E-state index contributed by atoms with van der Waals surface area (Å²) >= 11 is 0. The average Bonchev–Trinajstić information content (AvgIpc) is 2.98. The van der Waals surface area contributed by atoms with Crippen LogP contribution in [-0.2, 0) is 21.0 Å². The van der Waals surface area contributed by atoms with E-state index in [0.29, 0.717) is 18.5 Å². The van der Waals surface area contributed by atoms with E-state index >= 15 is 0 Å². The molecule has 166 valence electrons. The first-order chi connectivity index (χ1) is 13.8. The van der Waals surface area contributed by atoms with E-state index in [1.165, 1.54) is 10.9 Å². The number of carboxylic acids is 2. The van der Waals surface area contributed by atoms with Gasteiger partial charge >= 0.3 is 12.1 Å². The first-order valence-corrected chi connectivity index (χ1v) is 8.68. The van der Waals surface area contributed by atoms with E-state index < -0.39 is 18.1 Å². The van der Waals surface area contributed by atoms with E-state index in [1.54, 1.807) is 12.3 Å². The van der Waals surface area contributed by atoms with Crippen molar-refractivity contribution in [2.45, 2.75) is 51.4 Å². The number of amides is 1. The van der Waals surface area contributed by atoms with E-state index in [-0.39, 0.29) is 24.5 Å². The summed E-state index contributed by atoms with van der Waals surface area (Å²) in [6.07, 6.45) is -0.775. The van der Waals surface area contributed by atoms with Crippen LogP contribution in [0.1, 0.15) is 43.5 Å². The number of carbonyl (C=O) groups is 3. The molecule has 0 saturated carbocycles. The predicted octanol–water partition coefficient (Wildman–Crippen LogP) is -0.183.